The normalized spacial score (nSPS) is 12.6. The molecule has 17 heavy (non-hydrogen) atoms. The maximum absolute atomic E-state index is 5.75. The Morgan fingerprint density at radius 1 is 1.18 bits per heavy atom. The van der Waals surface area contributed by atoms with Crippen molar-refractivity contribution in [3.8, 4) is 0 Å². The largest absolute Gasteiger partial charge is 0.397 e. The molecule has 0 aliphatic rings. The van der Waals surface area contributed by atoms with E-state index < -0.39 is 0 Å². The Bertz CT molecular complexity index is 389. The van der Waals surface area contributed by atoms with Crippen LogP contribution in [0.4, 0.5) is 11.5 Å². The van der Waals surface area contributed by atoms with Gasteiger partial charge in [0, 0.05) is 6.54 Å². The minimum Gasteiger partial charge on any atom is -0.397 e. The number of nitrogens with one attached hydrogen (secondary N) is 1. The summed E-state index contributed by atoms with van der Waals surface area (Å²) in [4.78, 5) is 4.42. The highest BCUT2D eigenvalue weighted by atomic mass is 15.0. The third-order valence-electron chi connectivity index (χ3n) is 3.87. The molecule has 0 aromatic carbocycles. The molecule has 1 aromatic rings. The number of anilines is 2. The summed E-state index contributed by atoms with van der Waals surface area (Å²) in [5.41, 5.74) is 7.82. The van der Waals surface area contributed by atoms with E-state index >= 15 is 0 Å². The van der Waals surface area contributed by atoms with E-state index in [2.05, 4.69) is 44.9 Å². The van der Waals surface area contributed by atoms with Gasteiger partial charge in [-0.3, -0.25) is 0 Å². The molecule has 1 rings (SSSR count). The second-order valence-corrected chi connectivity index (χ2v) is 6.36. The lowest BCUT2D eigenvalue weighted by Gasteiger charge is -2.39. The van der Waals surface area contributed by atoms with Gasteiger partial charge in [-0.05, 0) is 29.9 Å². The average molecular weight is 235 g/mol. The second kappa shape index (κ2) is 4.55. The number of nitrogens with zero attached hydrogens (tertiary/aromatic N) is 1. The van der Waals surface area contributed by atoms with E-state index in [1.807, 2.05) is 19.1 Å². The van der Waals surface area contributed by atoms with Gasteiger partial charge in [-0.25, -0.2) is 4.98 Å². The molecule has 0 saturated heterocycles. The Balaban J connectivity index is 2.71. The van der Waals surface area contributed by atoms with Gasteiger partial charge in [0.1, 0.15) is 5.82 Å². The van der Waals surface area contributed by atoms with Gasteiger partial charge in [0.2, 0.25) is 0 Å². The molecule has 96 valence electrons. The number of nitrogens with two attached hydrogens (primary N) is 1. The molecule has 0 fully saturated rings. The Morgan fingerprint density at radius 3 is 2.24 bits per heavy atom. The van der Waals surface area contributed by atoms with Gasteiger partial charge in [0.25, 0.3) is 0 Å². The number of aryl methyl sites for hydroxylation is 1. The van der Waals surface area contributed by atoms with Crippen molar-refractivity contribution in [1.29, 1.82) is 0 Å². The Kier molecular flexibility index (Phi) is 3.70. The van der Waals surface area contributed by atoms with E-state index in [4.69, 9.17) is 5.73 Å². The molecular weight excluding hydrogens is 210 g/mol. The number of nitrogen functional groups attached to an aromatic ring is 1. The highest BCUT2D eigenvalue weighted by molar-refractivity contribution is 5.49. The molecule has 1 heterocycles. The Hall–Kier alpha value is -1.25. The van der Waals surface area contributed by atoms with E-state index in [1.165, 1.54) is 0 Å². The van der Waals surface area contributed by atoms with Crippen molar-refractivity contribution in [3.05, 3.63) is 17.8 Å². The van der Waals surface area contributed by atoms with Crippen molar-refractivity contribution < 1.29 is 0 Å². The first-order valence-corrected chi connectivity index (χ1v) is 6.10. The summed E-state index contributed by atoms with van der Waals surface area (Å²) >= 11 is 0. The van der Waals surface area contributed by atoms with Gasteiger partial charge < -0.3 is 11.1 Å². The lowest BCUT2D eigenvalue weighted by Crippen LogP contribution is -2.36. The van der Waals surface area contributed by atoms with E-state index in [1.54, 1.807) is 0 Å². The van der Waals surface area contributed by atoms with Crippen molar-refractivity contribution >= 4 is 11.5 Å². The summed E-state index contributed by atoms with van der Waals surface area (Å²) in [6.45, 7) is 14.1. The topological polar surface area (TPSA) is 50.9 Å². The molecule has 0 atom stereocenters. The summed E-state index contributed by atoms with van der Waals surface area (Å²) in [6.07, 6.45) is 0. The van der Waals surface area contributed by atoms with Crippen LogP contribution in [0, 0.1) is 17.8 Å². The standard InChI is InChI=1S/C14H25N3/c1-10-11(15)7-8-12(17-10)16-9-14(5,6)13(2,3)4/h7-8H,9,15H2,1-6H3,(H,16,17). The summed E-state index contributed by atoms with van der Waals surface area (Å²) in [5, 5.41) is 3.39. The quantitative estimate of drug-likeness (QED) is 0.843. The minimum absolute atomic E-state index is 0.198. The molecule has 0 aliphatic heterocycles. The lowest BCUT2D eigenvalue weighted by atomic mass is 9.69. The van der Waals surface area contributed by atoms with Crippen LogP contribution in [0.25, 0.3) is 0 Å². The fourth-order valence-corrected chi connectivity index (χ4v) is 1.25. The van der Waals surface area contributed by atoms with Crippen molar-refractivity contribution in [3.63, 3.8) is 0 Å². The summed E-state index contributed by atoms with van der Waals surface area (Å²) in [6, 6.07) is 3.83. The highest BCUT2D eigenvalue weighted by Crippen LogP contribution is 2.37. The van der Waals surface area contributed by atoms with Crippen LogP contribution in [0.3, 0.4) is 0 Å². The number of hydrogen-bond donors (Lipinski definition) is 2. The van der Waals surface area contributed by atoms with Gasteiger partial charge in [-0.15, -0.1) is 0 Å². The smallest absolute Gasteiger partial charge is 0.126 e. The molecule has 0 amide bonds. The highest BCUT2D eigenvalue weighted by Gasteiger charge is 2.32. The van der Waals surface area contributed by atoms with E-state index in [0.717, 1.165) is 23.7 Å². The first-order chi connectivity index (χ1) is 7.63. The van der Waals surface area contributed by atoms with Crippen molar-refractivity contribution in [2.45, 2.75) is 41.5 Å². The second-order valence-electron chi connectivity index (χ2n) is 6.36. The zero-order chi connectivity index (χ0) is 13.3. The van der Waals surface area contributed by atoms with Gasteiger partial charge in [-0.1, -0.05) is 34.6 Å². The van der Waals surface area contributed by atoms with Crippen LogP contribution in [0.15, 0.2) is 12.1 Å². The monoisotopic (exact) mass is 235 g/mol. The SMILES string of the molecule is Cc1nc(NCC(C)(C)C(C)(C)C)ccc1N. The van der Waals surface area contributed by atoms with E-state index in [-0.39, 0.29) is 10.8 Å². The molecule has 0 unspecified atom stereocenters. The molecule has 3 nitrogen and oxygen atoms in total. The van der Waals surface area contributed by atoms with Crippen molar-refractivity contribution in [1.82, 2.24) is 4.98 Å². The number of rotatable bonds is 3. The molecule has 0 bridgehead atoms. The van der Waals surface area contributed by atoms with Crippen molar-refractivity contribution in [2.24, 2.45) is 10.8 Å². The first-order valence-electron chi connectivity index (χ1n) is 6.10. The first kappa shape index (κ1) is 13.8. The van der Waals surface area contributed by atoms with Gasteiger partial charge >= 0.3 is 0 Å². The third-order valence-corrected chi connectivity index (χ3v) is 3.87. The zero-order valence-electron chi connectivity index (χ0n) is 11.9. The molecule has 3 heteroatoms. The van der Waals surface area contributed by atoms with Crippen LogP contribution in [-0.2, 0) is 0 Å². The molecule has 0 spiro atoms. The van der Waals surface area contributed by atoms with Crippen LogP contribution < -0.4 is 11.1 Å². The third kappa shape index (κ3) is 3.35. The average Bonchev–Trinajstić information content (AvgIpc) is 2.18. The number of pyridine rings is 1. The summed E-state index contributed by atoms with van der Waals surface area (Å²) in [7, 11) is 0. The zero-order valence-corrected chi connectivity index (χ0v) is 11.9. The summed E-state index contributed by atoms with van der Waals surface area (Å²) in [5.74, 6) is 0.897. The summed E-state index contributed by atoms with van der Waals surface area (Å²) < 4.78 is 0. The fourth-order valence-electron chi connectivity index (χ4n) is 1.25. The molecule has 0 radical (unpaired) electrons. The molecule has 1 aromatic heterocycles. The van der Waals surface area contributed by atoms with Crippen LogP contribution in [-0.4, -0.2) is 11.5 Å². The Labute approximate surface area is 105 Å². The van der Waals surface area contributed by atoms with Gasteiger partial charge in [0.05, 0.1) is 11.4 Å². The predicted molar refractivity (Wildman–Crippen MR) is 75.1 cm³/mol. The number of aromatic nitrogens is 1. The Morgan fingerprint density at radius 2 is 1.76 bits per heavy atom. The molecule has 0 aliphatic carbocycles. The molecule has 3 N–H and O–H groups in total. The maximum Gasteiger partial charge on any atom is 0.126 e. The van der Waals surface area contributed by atoms with Crippen molar-refractivity contribution in [2.75, 3.05) is 17.6 Å². The molecular formula is C14H25N3. The fraction of sp³-hybridized carbons (Fsp3) is 0.643. The number of hydrogen-bond acceptors (Lipinski definition) is 3. The predicted octanol–water partition coefficient (Wildman–Crippen LogP) is 3.46. The lowest BCUT2D eigenvalue weighted by molar-refractivity contribution is 0.148. The minimum atomic E-state index is 0.198. The van der Waals surface area contributed by atoms with Gasteiger partial charge in [-0.2, -0.15) is 0 Å². The molecule has 0 saturated carbocycles. The maximum atomic E-state index is 5.75. The van der Waals surface area contributed by atoms with E-state index in [9.17, 15) is 0 Å². The van der Waals surface area contributed by atoms with Crippen LogP contribution in [0.2, 0.25) is 0 Å². The van der Waals surface area contributed by atoms with Crippen LogP contribution in [0.5, 0.6) is 0 Å². The van der Waals surface area contributed by atoms with Crippen LogP contribution in [0.1, 0.15) is 40.3 Å². The van der Waals surface area contributed by atoms with E-state index in [0.29, 0.717) is 0 Å². The van der Waals surface area contributed by atoms with Crippen LogP contribution >= 0.6 is 0 Å². The van der Waals surface area contributed by atoms with Gasteiger partial charge in [0.15, 0.2) is 0 Å².